The summed E-state index contributed by atoms with van der Waals surface area (Å²) in [6, 6.07) is 9.69. The average molecular weight is 252 g/mol. The first-order valence-corrected chi connectivity index (χ1v) is 6.46. The monoisotopic (exact) mass is 252 g/mol. The van der Waals surface area contributed by atoms with Gasteiger partial charge in [-0.15, -0.1) is 0 Å². The molecule has 0 bridgehead atoms. The van der Waals surface area contributed by atoms with Crippen LogP contribution in [0, 0.1) is 6.92 Å². The van der Waals surface area contributed by atoms with Crippen molar-refractivity contribution in [3.63, 3.8) is 0 Å². The molecule has 2 aromatic rings. The molecule has 2 nitrogen and oxygen atoms in total. The highest BCUT2D eigenvalue weighted by atomic mass is 16.1. The first-order chi connectivity index (χ1) is 9.22. The van der Waals surface area contributed by atoms with E-state index in [9.17, 15) is 4.79 Å². The molecule has 0 N–H and O–H groups in total. The molecule has 0 fully saturated rings. The molecule has 1 aromatic heterocycles. The first-order valence-electron chi connectivity index (χ1n) is 6.46. The molecule has 0 unspecified atom stereocenters. The van der Waals surface area contributed by atoms with Crippen molar-refractivity contribution in [2.24, 2.45) is 0 Å². The lowest BCUT2D eigenvalue weighted by molar-refractivity contribution is -0.693. The van der Waals surface area contributed by atoms with Gasteiger partial charge in [-0.2, -0.15) is 0 Å². The van der Waals surface area contributed by atoms with Crippen molar-refractivity contribution in [3.05, 3.63) is 65.0 Å². The SMILES string of the molecule is CC[n+]1ccc(C)c(/C=C/c2ccc(C=O)cc2)c1. The van der Waals surface area contributed by atoms with Gasteiger partial charge in [0.2, 0.25) is 0 Å². The van der Waals surface area contributed by atoms with Gasteiger partial charge in [0.25, 0.3) is 0 Å². The third-order valence-corrected chi connectivity index (χ3v) is 3.17. The van der Waals surface area contributed by atoms with E-state index in [2.05, 4.69) is 49.0 Å². The average Bonchev–Trinajstić information content (AvgIpc) is 2.47. The fourth-order valence-electron chi connectivity index (χ4n) is 1.87. The highest BCUT2D eigenvalue weighted by Crippen LogP contribution is 2.11. The van der Waals surface area contributed by atoms with Gasteiger partial charge < -0.3 is 0 Å². The van der Waals surface area contributed by atoms with Crippen LogP contribution in [0.4, 0.5) is 0 Å². The van der Waals surface area contributed by atoms with Gasteiger partial charge in [0, 0.05) is 17.2 Å². The number of nitrogens with zero attached hydrogens (tertiary/aromatic N) is 1. The van der Waals surface area contributed by atoms with E-state index in [1.54, 1.807) is 0 Å². The third-order valence-electron chi connectivity index (χ3n) is 3.17. The summed E-state index contributed by atoms with van der Waals surface area (Å²) >= 11 is 0. The normalized spacial score (nSPS) is 10.8. The Bertz CT molecular complexity index is 597. The number of pyridine rings is 1. The van der Waals surface area contributed by atoms with E-state index in [1.807, 2.05) is 24.3 Å². The smallest absolute Gasteiger partial charge is 0.176 e. The van der Waals surface area contributed by atoms with E-state index in [0.29, 0.717) is 5.56 Å². The fraction of sp³-hybridized carbons (Fsp3) is 0.176. The third kappa shape index (κ3) is 3.38. The number of hydrogen-bond acceptors (Lipinski definition) is 1. The number of benzene rings is 1. The molecule has 0 saturated heterocycles. The largest absolute Gasteiger partial charge is 0.298 e. The van der Waals surface area contributed by atoms with E-state index in [-0.39, 0.29) is 0 Å². The molecule has 0 saturated carbocycles. The van der Waals surface area contributed by atoms with Crippen LogP contribution in [0.15, 0.2) is 42.7 Å². The Morgan fingerprint density at radius 1 is 1.05 bits per heavy atom. The summed E-state index contributed by atoms with van der Waals surface area (Å²) in [4.78, 5) is 10.6. The number of carbonyl (C=O) groups is 1. The second-order valence-electron chi connectivity index (χ2n) is 4.53. The van der Waals surface area contributed by atoms with E-state index in [4.69, 9.17) is 0 Å². The van der Waals surface area contributed by atoms with Crippen molar-refractivity contribution in [1.29, 1.82) is 0 Å². The summed E-state index contributed by atoms with van der Waals surface area (Å²) in [7, 11) is 0. The quantitative estimate of drug-likeness (QED) is 0.604. The highest BCUT2D eigenvalue weighted by Gasteiger charge is 2.01. The van der Waals surface area contributed by atoms with Crippen LogP contribution in [-0.4, -0.2) is 6.29 Å². The summed E-state index contributed by atoms with van der Waals surface area (Å²) in [6.07, 6.45) is 9.27. The Morgan fingerprint density at radius 2 is 1.74 bits per heavy atom. The van der Waals surface area contributed by atoms with Gasteiger partial charge in [0.1, 0.15) is 12.8 Å². The maximum absolute atomic E-state index is 10.6. The van der Waals surface area contributed by atoms with E-state index < -0.39 is 0 Å². The molecule has 0 aliphatic heterocycles. The first kappa shape index (κ1) is 13.2. The van der Waals surface area contributed by atoms with Gasteiger partial charge in [-0.25, -0.2) is 4.57 Å². The van der Waals surface area contributed by atoms with Crippen LogP contribution in [0.3, 0.4) is 0 Å². The van der Waals surface area contributed by atoms with Crippen LogP contribution < -0.4 is 4.57 Å². The predicted molar refractivity (Wildman–Crippen MR) is 77.8 cm³/mol. The van der Waals surface area contributed by atoms with Crippen LogP contribution >= 0.6 is 0 Å². The van der Waals surface area contributed by atoms with Crippen molar-refractivity contribution >= 4 is 18.4 Å². The Labute approximate surface area is 114 Å². The number of aldehydes is 1. The maximum Gasteiger partial charge on any atom is 0.176 e. The minimum absolute atomic E-state index is 0.705. The van der Waals surface area contributed by atoms with Crippen molar-refractivity contribution in [1.82, 2.24) is 0 Å². The molecule has 0 aliphatic rings. The van der Waals surface area contributed by atoms with Crippen LogP contribution in [0.2, 0.25) is 0 Å². The van der Waals surface area contributed by atoms with Crippen LogP contribution in [0.5, 0.6) is 0 Å². The summed E-state index contributed by atoms with van der Waals surface area (Å²) < 4.78 is 2.15. The molecule has 19 heavy (non-hydrogen) atoms. The zero-order valence-electron chi connectivity index (χ0n) is 11.3. The fourth-order valence-corrected chi connectivity index (χ4v) is 1.87. The Balaban J connectivity index is 2.23. The Kier molecular flexibility index (Phi) is 4.24. The van der Waals surface area contributed by atoms with Crippen LogP contribution in [0.25, 0.3) is 12.2 Å². The van der Waals surface area contributed by atoms with Crippen molar-refractivity contribution in [2.75, 3.05) is 0 Å². The summed E-state index contributed by atoms with van der Waals surface area (Å²) in [5.41, 5.74) is 4.27. The highest BCUT2D eigenvalue weighted by molar-refractivity contribution is 5.76. The minimum Gasteiger partial charge on any atom is -0.298 e. The number of aryl methyl sites for hydroxylation is 2. The lowest BCUT2D eigenvalue weighted by atomic mass is 10.1. The van der Waals surface area contributed by atoms with Gasteiger partial charge in [-0.05, 0) is 31.1 Å². The molecule has 0 radical (unpaired) electrons. The lowest BCUT2D eigenvalue weighted by Gasteiger charge is -1.99. The second kappa shape index (κ2) is 6.10. The maximum atomic E-state index is 10.6. The molecule has 0 aliphatic carbocycles. The number of carbonyl (C=O) groups excluding carboxylic acids is 1. The molecule has 96 valence electrons. The number of aromatic nitrogens is 1. The molecule has 1 heterocycles. The summed E-state index contributed by atoms with van der Waals surface area (Å²) in [6.45, 7) is 5.20. The van der Waals surface area contributed by atoms with E-state index >= 15 is 0 Å². The molecular formula is C17H18NO+. The summed E-state index contributed by atoms with van der Waals surface area (Å²) in [5, 5.41) is 0. The minimum atomic E-state index is 0.705. The van der Waals surface area contributed by atoms with Gasteiger partial charge in [0.05, 0.1) is 0 Å². The van der Waals surface area contributed by atoms with Crippen molar-refractivity contribution < 1.29 is 9.36 Å². The zero-order chi connectivity index (χ0) is 13.7. The molecular weight excluding hydrogens is 234 g/mol. The molecule has 2 rings (SSSR count). The van der Waals surface area contributed by atoms with E-state index in [0.717, 1.165) is 18.4 Å². The Morgan fingerprint density at radius 3 is 2.37 bits per heavy atom. The topological polar surface area (TPSA) is 20.9 Å². The molecule has 0 amide bonds. The van der Waals surface area contributed by atoms with Crippen molar-refractivity contribution in [2.45, 2.75) is 20.4 Å². The molecule has 2 heteroatoms. The molecule has 0 atom stereocenters. The van der Waals surface area contributed by atoms with E-state index in [1.165, 1.54) is 11.1 Å². The number of hydrogen-bond donors (Lipinski definition) is 0. The lowest BCUT2D eigenvalue weighted by Crippen LogP contribution is -2.31. The zero-order valence-corrected chi connectivity index (χ0v) is 11.3. The van der Waals surface area contributed by atoms with Crippen molar-refractivity contribution in [3.8, 4) is 0 Å². The van der Waals surface area contributed by atoms with Crippen LogP contribution in [0.1, 0.15) is 34.0 Å². The van der Waals surface area contributed by atoms with Gasteiger partial charge in [-0.3, -0.25) is 4.79 Å². The van der Waals surface area contributed by atoms with Crippen LogP contribution in [-0.2, 0) is 6.54 Å². The predicted octanol–water partition coefficient (Wildman–Crippen LogP) is 3.29. The summed E-state index contributed by atoms with van der Waals surface area (Å²) in [5.74, 6) is 0. The standard InChI is InChI=1S/C17H18NO/c1-3-18-11-10-14(2)17(12-18)9-8-15-4-6-16(13-19)7-5-15/h4-13H,3H2,1-2H3/q+1/b9-8+. The molecule has 0 spiro atoms. The van der Waals surface area contributed by atoms with Gasteiger partial charge in [-0.1, -0.05) is 30.3 Å². The Hall–Kier alpha value is -2.22. The van der Waals surface area contributed by atoms with Gasteiger partial charge in [0.15, 0.2) is 12.4 Å². The molecule has 1 aromatic carbocycles. The second-order valence-corrected chi connectivity index (χ2v) is 4.53. The van der Waals surface area contributed by atoms with Gasteiger partial charge >= 0.3 is 0 Å². The number of rotatable bonds is 4.